The van der Waals surface area contributed by atoms with Crippen LogP contribution in [0.2, 0.25) is 0 Å². The molecule has 0 saturated heterocycles. The zero-order valence-corrected chi connectivity index (χ0v) is 11.7. The van der Waals surface area contributed by atoms with Gasteiger partial charge in [-0.3, -0.25) is 9.59 Å². The van der Waals surface area contributed by atoms with Gasteiger partial charge in [-0.15, -0.1) is 0 Å². The molecule has 0 spiro atoms. The molecule has 0 fully saturated rings. The fraction of sp³-hybridized carbons (Fsp3) is 0.467. The molecule has 4 nitrogen and oxygen atoms in total. The van der Waals surface area contributed by atoms with Gasteiger partial charge in [0.2, 0.25) is 0 Å². The first kappa shape index (κ1) is 15.2. The van der Waals surface area contributed by atoms with Gasteiger partial charge in [-0.05, 0) is 44.0 Å². The van der Waals surface area contributed by atoms with Crippen LogP contribution in [0.15, 0.2) is 18.2 Å². The van der Waals surface area contributed by atoms with Crippen molar-refractivity contribution in [2.24, 2.45) is 0 Å². The molecule has 0 unspecified atom stereocenters. The fourth-order valence-electron chi connectivity index (χ4n) is 1.73. The monoisotopic (exact) mass is 264 g/mol. The molecule has 1 rings (SSSR count). The highest BCUT2D eigenvalue weighted by atomic mass is 16.5. The van der Waals surface area contributed by atoms with Crippen molar-refractivity contribution in [3.63, 3.8) is 0 Å². The quantitative estimate of drug-likeness (QED) is 0.710. The zero-order chi connectivity index (χ0) is 14.3. The van der Waals surface area contributed by atoms with Gasteiger partial charge in [0.05, 0.1) is 13.0 Å². The highest BCUT2D eigenvalue weighted by Crippen LogP contribution is 2.16. The first-order valence-corrected chi connectivity index (χ1v) is 6.39. The van der Waals surface area contributed by atoms with Crippen molar-refractivity contribution in [1.29, 1.82) is 0 Å². The smallest absolute Gasteiger partial charge is 0.306 e. The Labute approximate surface area is 113 Å². The van der Waals surface area contributed by atoms with Crippen LogP contribution >= 0.6 is 0 Å². The minimum atomic E-state index is -0.345. The second kappa shape index (κ2) is 7.56. The Hall–Kier alpha value is -1.84. The third kappa shape index (κ3) is 6.04. The molecule has 0 heterocycles. The van der Waals surface area contributed by atoms with E-state index in [9.17, 15) is 9.59 Å². The Morgan fingerprint density at radius 2 is 1.68 bits per heavy atom. The molecule has 0 amide bonds. The average molecular weight is 264 g/mol. The third-order valence-corrected chi connectivity index (χ3v) is 2.51. The lowest BCUT2D eigenvalue weighted by molar-refractivity contribution is -0.144. The SMILES string of the molecule is CCOC(=O)CCC(=O)COc1cc(C)cc(C)c1. The zero-order valence-electron chi connectivity index (χ0n) is 11.7. The molecule has 0 bridgehead atoms. The number of ether oxygens (including phenoxy) is 2. The molecule has 0 aliphatic carbocycles. The largest absolute Gasteiger partial charge is 0.486 e. The maximum Gasteiger partial charge on any atom is 0.306 e. The minimum Gasteiger partial charge on any atom is -0.486 e. The highest BCUT2D eigenvalue weighted by molar-refractivity contribution is 5.84. The summed E-state index contributed by atoms with van der Waals surface area (Å²) in [6.45, 7) is 6.02. The van der Waals surface area contributed by atoms with Crippen molar-refractivity contribution >= 4 is 11.8 Å². The normalized spacial score (nSPS) is 10.1. The molecule has 0 aromatic heterocycles. The van der Waals surface area contributed by atoms with E-state index in [0.717, 1.165) is 11.1 Å². The minimum absolute atomic E-state index is 0.0116. The van der Waals surface area contributed by atoms with Crippen LogP contribution in [0.4, 0.5) is 0 Å². The topological polar surface area (TPSA) is 52.6 Å². The van der Waals surface area contributed by atoms with E-state index in [2.05, 4.69) is 0 Å². The molecule has 1 aromatic rings. The Kier molecular flexibility index (Phi) is 6.06. The Morgan fingerprint density at radius 1 is 1.05 bits per heavy atom. The number of hydrogen-bond acceptors (Lipinski definition) is 4. The number of carbonyl (C=O) groups excluding carboxylic acids is 2. The molecule has 0 atom stereocenters. The van der Waals surface area contributed by atoms with Gasteiger partial charge >= 0.3 is 5.97 Å². The second-order valence-electron chi connectivity index (χ2n) is 4.46. The van der Waals surface area contributed by atoms with Crippen molar-refractivity contribution in [3.05, 3.63) is 29.3 Å². The lowest BCUT2D eigenvalue weighted by atomic mass is 10.1. The number of aryl methyl sites for hydroxylation is 2. The lowest BCUT2D eigenvalue weighted by Gasteiger charge is -2.07. The molecule has 4 heteroatoms. The van der Waals surface area contributed by atoms with Gasteiger partial charge in [-0.1, -0.05) is 6.07 Å². The fourth-order valence-corrected chi connectivity index (χ4v) is 1.73. The number of esters is 1. The van der Waals surface area contributed by atoms with E-state index in [0.29, 0.717) is 12.4 Å². The third-order valence-electron chi connectivity index (χ3n) is 2.51. The second-order valence-corrected chi connectivity index (χ2v) is 4.46. The van der Waals surface area contributed by atoms with E-state index < -0.39 is 0 Å². The van der Waals surface area contributed by atoms with Crippen molar-refractivity contribution in [2.75, 3.05) is 13.2 Å². The van der Waals surface area contributed by atoms with Gasteiger partial charge in [-0.25, -0.2) is 0 Å². The summed E-state index contributed by atoms with van der Waals surface area (Å²) in [5.74, 6) is 0.233. The summed E-state index contributed by atoms with van der Waals surface area (Å²) < 4.78 is 10.2. The number of ketones is 1. The number of rotatable bonds is 7. The molecule has 0 saturated carbocycles. The molecule has 0 aliphatic rings. The predicted molar refractivity (Wildman–Crippen MR) is 72.3 cm³/mol. The van der Waals surface area contributed by atoms with Gasteiger partial charge in [0.15, 0.2) is 5.78 Å². The van der Waals surface area contributed by atoms with Gasteiger partial charge in [-0.2, -0.15) is 0 Å². The molecule has 0 radical (unpaired) electrons. The molecule has 0 aliphatic heterocycles. The summed E-state index contributed by atoms with van der Waals surface area (Å²) in [4.78, 5) is 22.7. The van der Waals surface area contributed by atoms with E-state index in [4.69, 9.17) is 9.47 Å². The van der Waals surface area contributed by atoms with Crippen LogP contribution in [0.5, 0.6) is 5.75 Å². The first-order chi connectivity index (χ1) is 9.01. The van der Waals surface area contributed by atoms with Crippen LogP contribution in [0.1, 0.15) is 30.9 Å². The first-order valence-electron chi connectivity index (χ1n) is 6.39. The summed E-state index contributed by atoms with van der Waals surface area (Å²) in [5.41, 5.74) is 2.18. The maximum absolute atomic E-state index is 11.6. The lowest BCUT2D eigenvalue weighted by Crippen LogP contribution is -2.14. The van der Waals surface area contributed by atoms with Crippen LogP contribution < -0.4 is 4.74 Å². The summed E-state index contributed by atoms with van der Waals surface area (Å²) in [7, 11) is 0. The number of carbonyl (C=O) groups is 2. The molecule has 104 valence electrons. The van der Waals surface area contributed by atoms with Gasteiger partial charge in [0.25, 0.3) is 0 Å². The summed E-state index contributed by atoms with van der Waals surface area (Å²) in [6, 6.07) is 5.80. The van der Waals surface area contributed by atoms with Crippen molar-refractivity contribution < 1.29 is 19.1 Å². The van der Waals surface area contributed by atoms with Crippen LogP contribution in [0.25, 0.3) is 0 Å². The summed E-state index contributed by atoms with van der Waals surface area (Å²) in [6.07, 6.45) is 0.270. The number of benzene rings is 1. The van der Waals surface area contributed by atoms with E-state index in [-0.39, 0.29) is 31.2 Å². The van der Waals surface area contributed by atoms with Gasteiger partial charge < -0.3 is 9.47 Å². The highest BCUT2D eigenvalue weighted by Gasteiger charge is 2.08. The molecular weight excluding hydrogens is 244 g/mol. The Morgan fingerprint density at radius 3 is 2.26 bits per heavy atom. The number of hydrogen-bond donors (Lipinski definition) is 0. The number of Topliss-reactive ketones (excluding diaryl/α,β-unsaturated/α-hetero) is 1. The van der Waals surface area contributed by atoms with Crippen molar-refractivity contribution in [2.45, 2.75) is 33.6 Å². The van der Waals surface area contributed by atoms with Crippen LogP contribution in [0.3, 0.4) is 0 Å². The van der Waals surface area contributed by atoms with Crippen molar-refractivity contribution in [3.8, 4) is 5.75 Å². The maximum atomic E-state index is 11.6. The summed E-state index contributed by atoms with van der Waals surface area (Å²) in [5, 5.41) is 0. The van der Waals surface area contributed by atoms with Crippen LogP contribution in [0, 0.1) is 13.8 Å². The molecular formula is C15H20O4. The Balaban J connectivity index is 2.35. The molecule has 19 heavy (non-hydrogen) atoms. The van der Waals surface area contributed by atoms with Crippen LogP contribution in [-0.4, -0.2) is 25.0 Å². The van der Waals surface area contributed by atoms with Crippen molar-refractivity contribution in [1.82, 2.24) is 0 Å². The van der Waals surface area contributed by atoms with Crippen LogP contribution in [-0.2, 0) is 14.3 Å². The van der Waals surface area contributed by atoms with Gasteiger partial charge in [0, 0.05) is 6.42 Å². The van der Waals surface area contributed by atoms with E-state index in [1.165, 1.54) is 0 Å². The van der Waals surface area contributed by atoms with Gasteiger partial charge in [0.1, 0.15) is 12.4 Å². The van der Waals surface area contributed by atoms with E-state index in [1.54, 1.807) is 6.92 Å². The average Bonchev–Trinajstić information content (AvgIpc) is 2.33. The summed E-state index contributed by atoms with van der Waals surface area (Å²) >= 11 is 0. The molecule has 0 N–H and O–H groups in total. The van der Waals surface area contributed by atoms with E-state index in [1.807, 2.05) is 32.0 Å². The standard InChI is InChI=1S/C15H20O4/c1-4-18-15(17)6-5-13(16)10-19-14-8-11(2)7-12(3)9-14/h7-9H,4-6,10H2,1-3H3. The molecule has 1 aromatic carbocycles. The Bertz CT molecular complexity index is 431. The predicted octanol–water partition coefficient (Wildman–Crippen LogP) is 2.59. The van der Waals surface area contributed by atoms with E-state index >= 15 is 0 Å².